The highest BCUT2D eigenvalue weighted by Gasteiger charge is 2.34. The third kappa shape index (κ3) is 7.32. The van der Waals surface area contributed by atoms with Gasteiger partial charge in [0.15, 0.2) is 0 Å². The van der Waals surface area contributed by atoms with Gasteiger partial charge in [-0.25, -0.2) is 8.42 Å². The van der Waals surface area contributed by atoms with Crippen LogP contribution in [0.2, 0.25) is 10.0 Å². The maximum atomic E-state index is 14.0. The van der Waals surface area contributed by atoms with Gasteiger partial charge in [-0.15, -0.1) is 0 Å². The number of carbonyl (C=O) groups excluding carboxylic acids is 2. The fourth-order valence-electron chi connectivity index (χ4n) is 4.16. The molecule has 39 heavy (non-hydrogen) atoms. The number of halogens is 2. The summed E-state index contributed by atoms with van der Waals surface area (Å²) in [5.41, 5.74) is 2.84. The lowest BCUT2D eigenvalue weighted by atomic mass is 10.1. The average molecular weight is 591 g/mol. The Hall–Kier alpha value is -3.07. The molecule has 0 aliphatic heterocycles. The summed E-state index contributed by atoms with van der Waals surface area (Å²) in [6, 6.07) is 17.2. The summed E-state index contributed by atoms with van der Waals surface area (Å²) in [4.78, 5) is 28.4. The Labute approximate surface area is 240 Å². The van der Waals surface area contributed by atoms with Crippen LogP contribution in [0, 0.1) is 13.8 Å². The van der Waals surface area contributed by atoms with Crippen LogP contribution in [0.15, 0.2) is 71.6 Å². The number of anilines is 1. The predicted octanol–water partition coefficient (Wildman–Crippen LogP) is 5.75. The summed E-state index contributed by atoms with van der Waals surface area (Å²) in [6.07, 6.45) is 0.329. The third-order valence-corrected chi connectivity index (χ3v) is 8.90. The van der Waals surface area contributed by atoms with Crippen molar-refractivity contribution in [3.05, 3.63) is 93.5 Å². The smallest absolute Gasteiger partial charge is 0.264 e. The van der Waals surface area contributed by atoms with Crippen LogP contribution >= 0.6 is 23.2 Å². The van der Waals surface area contributed by atoms with Gasteiger partial charge >= 0.3 is 0 Å². The van der Waals surface area contributed by atoms with Gasteiger partial charge in [0.1, 0.15) is 12.6 Å². The maximum Gasteiger partial charge on any atom is 0.264 e. The number of amides is 2. The number of hydrogen-bond donors (Lipinski definition) is 1. The van der Waals surface area contributed by atoms with E-state index in [9.17, 15) is 18.0 Å². The Morgan fingerprint density at radius 1 is 0.923 bits per heavy atom. The summed E-state index contributed by atoms with van der Waals surface area (Å²) >= 11 is 12.4. The van der Waals surface area contributed by atoms with E-state index in [0.717, 1.165) is 15.4 Å². The molecule has 2 amide bonds. The van der Waals surface area contributed by atoms with Crippen LogP contribution in [0.1, 0.15) is 37.0 Å². The Kier molecular flexibility index (Phi) is 10.4. The Balaban J connectivity index is 2.10. The standard InChI is InChI=1S/C29H33Cl2N3O4S/c1-5-27(29(36)32-6-2)33(18-22-9-7-8-10-26(22)31)28(35)19-34(24-14-11-20(3)21(4)17-24)39(37,38)25-15-12-23(30)13-16-25/h7-17,27H,5-6,18-19H2,1-4H3,(H,32,36). The van der Waals surface area contributed by atoms with E-state index in [-0.39, 0.29) is 17.3 Å². The van der Waals surface area contributed by atoms with Crippen molar-refractivity contribution >= 4 is 50.7 Å². The predicted molar refractivity (Wildman–Crippen MR) is 157 cm³/mol. The number of likely N-dealkylation sites (N-methyl/N-ethyl adjacent to an activating group) is 1. The molecule has 3 aromatic rings. The number of carbonyl (C=O) groups is 2. The molecule has 3 aromatic carbocycles. The summed E-state index contributed by atoms with van der Waals surface area (Å²) < 4.78 is 28.9. The lowest BCUT2D eigenvalue weighted by Gasteiger charge is -2.33. The molecule has 0 aliphatic rings. The van der Waals surface area contributed by atoms with E-state index in [0.29, 0.717) is 34.3 Å². The monoisotopic (exact) mass is 589 g/mol. The van der Waals surface area contributed by atoms with Crippen molar-refractivity contribution in [2.75, 3.05) is 17.4 Å². The zero-order valence-electron chi connectivity index (χ0n) is 22.4. The minimum atomic E-state index is -4.17. The highest BCUT2D eigenvalue weighted by molar-refractivity contribution is 7.92. The van der Waals surface area contributed by atoms with Crippen LogP contribution in [0.5, 0.6) is 0 Å². The van der Waals surface area contributed by atoms with Gasteiger partial charge in [0.2, 0.25) is 11.8 Å². The number of benzene rings is 3. The molecule has 1 atom stereocenters. The van der Waals surface area contributed by atoms with Crippen LogP contribution in [0.25, 0.3) is 0 Å². The fraction of sp³-hybridized carbons (Fsp3) is 0.310. The summed E-state index contributed by atoms with van der Waals surface area (Å²) in [5.74, 6) is -0.859. The fourth-order valence-corrected chi connectivity index (χ4v) is 5.89. The first-order valence-corrected chi connectivity index (χ1v) is 14.8. The zero-order chi connectivity index (χ0) is 28.7. The van der Waals surface area contributed by atoms with Crippen molar-refractivity contribution in [3.63, 3.8) is 0 Å². The highest BCUT2D eigenvalue weighted by atomic mass is 35.5. The highest BCUT2D eigenvalue weighted by Crippen LogP contribution is 2.28. The molecule has 0 radical (unpaired) electrons. The van der Waals surface area contributed by atoms with Crippen LogP contribution in [0.3, 0.4) is 0 Å². The van der Waals surface area contributed by atoms with Crippen LogP contribution in [-0.4, -0.2) is 44.3 Å². The van der Waals surface area contributed by atoms with E-state index in [1.54, 1.807) is 50.2 Å². The number of aryl methyl sites for hydroxylation is 2. The van der Waals surface area contributed by atoms with Gasteiger partial charge in [-0.2, -0.15) is 0 Å². The third-order valence-electron chi connectivity index (χ3n) is 6.49. The van der Waals surface area contributed by atoms with Gasteiger partial charge < -0.3 is 10.2 Å². The molecule has 0 spiro atoms. The van der Waals surface area contributed by atoms with Crippen molar-refractivity contribution < 1.29 is 18.0 Å². The van der Waals surface area contributed by atoms with Crippen LogP contribution < -0.4 is 9.62 Å². The molecule has 208 valence electrons. The van der Waals surface area contributed by atoms with E-state index in [2.05, 4.69) is 5.32 Å². The number of hydrogen-bond acceptors (Lipinski definition) is 4. The number of rotatable bonds is 11. The second-order valence-corrected chi connectivity index (χ2v) is 11.9. The SMILES string of the molecule is CCNC(=O)C(CC)N(Cc1ccccc1Cl)C(=O)CN(c1ccc(C)c(C)c1)S(=O)(=O)c1ccc(Cl)cc1. The lowest BCUT2D eigenvalue weighted by molar-refractivity contribution is -0.140. The van der Waals surface area contributed by atoms with Crippen molar-refractivity contribution in [2.24, 2.45) is 0 Å². The van der Waals surface area contributed by atoms with Gasteiger partial charge in [0.25, 0.3) is 10.0 Å². The topological polar surface area (TPSA) is 86.8 Å². The first-order chi connectivity index (χ1) is 18.5. The summed E-state index contributed by atoms with van der Waals surface area (Å²) in [7, 11) is -4.17. The minimum absolute atomic E-state index is 0.00801. The molecular formula is C29H33Cl2N3O4S. The van der Waals surface area contributed by atoms with Crippen LogP contribution in [0.4, 0.5) is 5.69 Å². The largest absolute Gasteiger partial charge is 0.355 e. The summed E-state index contributed by atoms with van der Waals surface area (Å²) in [6.45, 7) is 7.31. The van der Waals surface area contributed by atoms with Gasteiger partial charge in [-0.05, 0) is 86.3 Å². The second kappa shape index (κ2) is 13.3. The second-order valence-electron chi connectivity index (χ2n) is 9.17. The molecule has 0 aliphatic carbocycles. The van der Waals surface area contributed by atoms with E-state index in [1.165, 1.54) is 29.2 Å². The molecule has 1 unspecified atom stereocenters. The molecular weight excluding hydrogens is 557 g/mol. The Morgan fingerprint density at radius 2 is 1.59 bits per heavy atom. The van der Waals surface area contributed by atoms with Crippen molar-refractivity contribution in [1.82, 2.24) is 10.2 Å². The molecule has 1 N–H and O–H groups in total. The number of sulfonamides is 1. The molecule has 0 bridgehead atoms. The Morgan fingerprint density at radius 3 is 2.18 bits per heavy atom. The quantitative estimate of drug-likeness (QED) is 0.308. The average Bonchev–Trinajstić information content (AvgIpc) is 2.90. The minimum Gasteiger partial charge on any atom is -0.355 e. The molecule has 3 rings (SSSR count). The maximum absolute atomic E-state index is 14.0. The van der Waals surface area contributed by atoms with Gasteiger partial charge in [0, 0.05) is 23.1 Å². The van der Waals surface area contributed by atoms with Crippen molar-refractivity contribution in [1.29, 1.82) is 0 Å². The van der Waals surface area contributed by atoms with E-state index >= 15 is 0 Å². The zero-order valence-corrected chi connectivity index (χ0v) is 24.8. The van der Waals surface area contributed by atoms with E-state index in [1.807, 2.05) is 19.9 Å². The molecule has 0 fully saturated rings. The molecule has 0 saturated carbocycles. The van der Waals surface area contributed by atoms with Crippen molar-refractivity contribution in [3.8, 4) is 0 Å². The van der Waals surface area contributed by atoms with E-state index < -0.39 is 28.5 Å². The van der Waals surface area contributed by atoms with Gasteiger partial charge in [-0.3, -0.25) is 13.9 Å². The molecule has 0 saturated heterocycles. The van der Waals surface area contributed by atoms with Crippen molar-refractivity contribution in [2.45, 2.75) is 51.6 Å². The Bertz CT molecular complexity index is 1430. The van der Waals surface area contributed by atoms with Gasteiger partial charge in [-0.1, -0.05) is 54.4 Å². The normalized spacial score (nSPS) is 12.1. The molecule has 7 nitrogen and oxygen atoms in total. The molecule has 10 heteroatoms. The molecule has 0 aromatic heterocycles. The number of nitrogens with zero attached hydrogens (tertiary/aromatic N) is 2. The van der Waals surface area contributed by atoms with Gasteiger partial charge in [0.05, 0.1) is 10.6 Å². The molecule has 0 heterocycles. The number of nitrogens with one attached hydrogen (secondary N) is 1. The van der Waals surface area contributed by atoms with Crippen LogP contribution in [-0.2, 0) is 26.2 Å². The van der Waals surface area contributed by atoms with E-state index in [4.69, 9.17) is 23.2 Å². The first-order valence-electron chi connectivity index (χ1n) is 12.7. The first kappa shape index (κ1) is 30.5. The summed E-state index contributed by atoms with van der Waals surface area (Å²) in [5, 5.41) is 3.62. The lowest BCUT2D eigenvalue weighted by Crippen LogP contribution is -2.52.